The van der Waals surface area contributed by atoms with Crippen LogP contribution in [0.4, 0.5) is 5.13 Å². The molecule has 0 unspecified atom stereocenters. The molecule has 3 rings (SSSR count). The molecule has 9 heteroatoms. The van der Waals surface area contributed by atoms with Gasteiger partial charge in [0, 0.05) is 4.88 Å². The number of methoxy groups -OCH3 is 1. The molecule has 1 aliphatic carbocycles. The van der Waals surface area contributed by atoms with Crippen molar-refractivity contribution in [1.82, 2.24) is 10.2 Å². The highest BCUT2D eigenvalue weighted by molar-refractivity contribution is 8.02. The van der Waals surface area contributed by atoms with Gasteiger partial charge in [0.2, 0.25) is 11.0 Å². The van der Waals surface area contributed by atoms with E-state index in [9.17, 15) is 9.59 Å². The predicted molar refractivity (Wildman–Crippen MR) is 100 cm³/mol. The zero-order chi connectivity index (χ0) is 17.9. The number of ether oxygens (including phenoxy) is 1. The number of nitrogens with one attached hydrogen (secondary N) is 1. The molecule has 0 aliphatic heterocycles. The summed E-state index contributed by atoms with van der Waals surface area (Å²) in [5.74, 6) is -0.324. The molecule has 2 aromatic heterocycles. The van der Waals surface area contributed by atoms with Crippen molar-refractivity contribution >= 4 is 51.4 Å². The maximum Gasteiger partial charge on any atom is 0.318 e. The number of anilines is 1. The molecule has 1 saturated carbocycles. The third kappa shape index (κ3) is 3.88. The van der Waals surface area contributed by atoms with E-state index in [0.717, 1.165) is 30.6 Å². The Bertz CT molecular complexity index is 739. The van der Waals surface area contributed by atoms with Gasteiger partial charge in [0.25, 0.3) is 0 Å². The molecular weight excluding hydrogens is 378 g/mol. The fourth-order valence-electron chi connectivity index (χ4n) is 3.00. The first-order valence-corrected chi connectivity index (χ1v) is 10.6. The van der Waals surface area contributed by atoms with Crippen molar-refractivity contribution in [3.63, 3.8) is 0 Å². The van der Waals surface area contributed by atoms with Crippen molar-refractivity contribution in [3.8, 4) is 0 Å². The van der Waals surface area contributed by atoms with E-state index in [-0.39, 0.29) is 17.1 Å². The average Bonchev–Trinajstić information content (AvgIpc) is 3.35. The maximum atomic E-state index is 13.0. The van der Waals surface area contributed by atoms with Crippen LogP contribution in [0.5, 0.6) is 0 Å². The van der Waals surface area contributed by atoms with Crippen LogP contribution in [0.1, 0.15) is 37.5 Å². The van der Waals surface area contributed by atoms with Crippen LogP contribution in [0.3, 0.4) is 0 Å². The van der Waals surface area contributed by atoms with Gasteiger partial charge in [-0.15, -0.1) is 21.5 Å². The Morgan fingerprint density at radius 3 is 2.76 bits per heavy atom. The molecule has 1 fully saturated rings. The lowest BCUT2D eigenvalue weighted by Crippen LogP contribution is -2.37. The maximum absolute atomic E-state index is 13.0. The van der Waals surface area contributed by atoms with Crippen LogP contribution in [-0.2, 0) is 19.7 Å². The molecule has 134 valence electrons. The molecule has 1 N–H and O–H groups in total. The van der Waals surface area contributed by atoms with Crippen molar-refractivity contribution in [2.45, 2.75) is 47.6 Å². The summed E-state index contributed by atoms with van der Waals surface area (Å²) in [5, 5.41) is 13.1. The van der Waals surface area contributed by atoms with Crippen LogP contribution in [-0.4, -0.2) is 34.4 Å². The van der Waals surface area contributed by atoms with Crippen LogP contribution in [0.15, 0.2) is 21.9 Å². The monoisotopic (exact) mass is 397 g/mol. The third-order valence-electron chi connectivity index (χ3n) is 4.32. The number of aromatic nitrogens is 2. The molecule has 1 amide bonds. The number of nitrogens with zero attached hydrogens (tertiary/aromatic N) is 2. The van der Waals surface area contributed by atoms with Crippen molar-refractivity contribution in [2.24, 2.45) is 0 Å². The Balaban J connectivity index is 1.70. The van der Waals surface area contributed by atoms with E-state index in [1.54, 1.807) is 18.3 Å². The minimum atomic E-state index is -0.452. The smallest absolute Gasteiger partial charge is 0.318 e. The number of thioether (sulfide) groups is 1. The van der Waals surface area contributed by atoms with E-state index >= 15 is 0 Å². The van der Waals surface area contributed by atoms with Gasteiger partial charge in [0.15, 0.2) is 4.34 Å². The van der Waals surface area contributed by atoms with E-state index < -0.39 is 5.41 Å². The number of thiophene rings is 1. The zero-order valence-electron chi connectivity index (χ0n) is 14.0. The molecule has 0 radical (unpaired) electrons. The fraction of sp³-hybridized carbons (Fsp3) is 0.500. The van der Waals surface area contributed by atoms with Gasteiger partial charge in [0.1, 0.15) is 5.25 Å². The Morgan fingerprint density at radius 2 is 2.12 bits per heavy atom. The van der Waals surface area contributed by atoms with Crippen LogP contribution < -0.4 is 5.32 Å². The standard InChI is InChI=1S/C16H19N3O3S3/c1-10(12(20)22-2)24-15-19-18-14(25-15)17-13(21)16(7-3-4-8-16)11-6-5-9-23-11/h5-6,9-10H,3-4,7-8H2,1-2H3,(H,17,18,21)/t10-/m1/s1. The van der Waals surface area contributed by atoms with Crippen molar-refractivity contribution < 1.29 is 14.3 Å². The lowest BCUT2D eigenvalue weighted by Gasteiger charge is -2.25. The molecule has 0 spiro atoms. The third-order valence-corrected chi connectivity index (χ3v) is 7.40. The second-order valence-corrected chi connectivity index (χ2v) is 9.39. The van der Waals surface area contributed by atoms with Crippen molar-refractivity contribution in [1.29, 1.82) is 0 Å². The van der Waals surface area contributed by atoms with Gasteiger partial charge in [-0.05, 0) is 31.2 Å². The summed E-state index contributed by atoms with van der Waals surface area (Å²) < 4.78 is 5.34. The normalized spacial score (nSPS) is 17.2. The highest BCUT2D eigenvalue weighted by atomic mass is 32.2. The molecule has 0 aromatic carbocycles. The minimum Gasteiger partial charge on any atom is -0.468 e. The van der Waals surface area contributed by atoms with Gasteiger partial charge in [-0.2, -0.15) is 0 Å². The predicted octanol–water partition coefficient (Wildman–Crippen LogP) is 3.70. The lowest BCUT2D eigenvalue weighted by molar-refractivity contribution is -0.139. The molecule has 1 atom stereocenters. The van der Waals surface area contributed by atoms with E-state index in [0.29, 0.717) is 9.47 Å². The zero-order valence-corrected chi connectivity index (χ0v) is 16.4. The molecule has 1 aliphatic rings. The molecule has 0 bridgehead atoms. The Hall–Kier alpha value is -1.45. The summed E-state index contributed by atoms with van der Waals surface area (Å²) in [4.78, 5) is 25.6. The summed E-state index contributed by atoms with van der Waals surface area (Å²) in [6.07, 6.45) is 3.83. The van der Waals surface area contributed by atoms with Gasteiger partial charge >= 0.3 is 5.97 Å². The van der Waals surface area contributed by atoms with Gasteiger partial charge in [-0.3, -0.25) is 14.9 Å². The Labute approximate surface area is 158 Å². The minimum absolute atomic E-state index is 0.0128. The average molecular weight is 398 g/mol. The first kappa shape index (κ1) is 18.3. The van der Waals surface area contributed by atoms with Gasteiger partial charge in [0.05, 0.1) is 12.5 Å². The molecule has 25 heavy (non-hydrogen) atoms. The topological polar surface area (TPSA) is 81.2 Å². The number of esters is 1. The summed E-state index contributed by atoms with van der Waals surface area (Å²) in [7, 11) is 1.36. The van der Waals surface area contributed by atoms with E-state index in [1.165, 1.54) is 30.2 Å². The highest BCUT2D eigenvalue weighted by Gasteiger charge is 2.43. The number of hydrogen-bond donors (Lipinski definition) is 1. The second-order valence-electron chi connectivity index (χ2n) is 5.88. The first-order valence-electron chi connectivity index (χ1n) is 7.98. The first-order chi connectivity index (χ1) is 12.0. The number of rotatable bonds is 6. The highest BCUT2D eigenvalue weighted by Crippen LogP contribution is 2.44. The molecule has 2 aromatic rings. The van der Waals surface area contributed by atoms with Crippen LogP contribution in [0, 0.1) is 0 Å². The van der Waals surface area contributed by atoms with E-state index in [2.05, 4.69) is 15.5 Å². The van der Waals surface area contributed by atoms with Crippen LogP contribution in [0.25, 0.3) is 0 Å². The van der Waals surface area contributed by atoms with Gasteiger partial charge in [-0.25, -0.2) is 0 Å². The Kier molecular flexibility index (Phi) is 5.75. The van der Waals surface area contributed by atoms with Crippen LogP contribution in [0.2, 0.25) is 0 Å². The summed E-state index contributed by atoms with van der Waals surface area (Å²) in [5.41, 5.74) is -0.452. The van der Waals surface area contributed by atoms with Crippen molar-refractivity contribution in [3.05, 3.63) is 22.4 Å². The molecule has 6 nitrogen and oxygen atoms in total. The molecular formula is C16H19N3O3S3. The number of amides is 1. The lowest BCUT2D eigenvalue weighted by atomic mass is 9.83. The number of carbonyl (C=O) groups is 2. The summed E-state index contributed by atoms with van der Waals surface area (Å²) in [6, 6.07) is 4.02. The molecule has 0 saturated heterocycles. The SMILES string of the molecule is COC(=O)[C@@H](C)Sc1nnc(NC(=O)C2(c3cccs3)CCCC2)s1. The molecule has 2 heterocycles. The van der Waals surface area contributed by atoms with E-state index in [1.807, 2.05) is 17.5 Å². The summed E-state index contributed by atoms with van der Waals surface area (Å²) >= 11 is 4.18. The second kappa shape index (κ2) is 7.84. The largest absolute Gasteiger partial charge is 0.468 e. The number of carbonyl (C=O) groups excluding carboxylic acids is 2. The van der Waals surface area contributed by atoms with Gasteiger partial charge in [-0.1, -0.05) is 42.0 Å². The van der Waals surface area contributed by atoms with Crippen LogP contribution >= 0.6 is 34.4 Å². The van der Waals surface area contributed by atoms with Gasteiger partial charge < -0.3 is 4.74 Å². The van der Waals surface area contributed by atoms with E-state index in [4.69, 9.17) is 4.74 Å². The number of hydrogen-bond acceptors (Lipinski definition) is 8. The Morgan fingerprint density at radius 1 is 1.36 bits per heavy atom. The quantitative estimate of drug-likeness (QED) is 0.455. The summed E-state index contributed by atoms with van der Waals surface area (Å²) in [6.45, 7) is 1.75. The fourth-order valence-corrected chi connectivity index (χ4v) is 5.91. The van der Waals surface area contributed by atoms with Crippen molar-refractivity contribution in [2.75, 3.05) is 12.4 Å².